The van der Waals surface area contributed by atoms with Crippen molar-refractivity contribution in [2.24, 2.45) is 0 Å². The third-order valence-corrected chi connectivity index (χ3v) is 2.67. The monoisotopic (exact) mass is 255 g/mol. The minimum absolute atomic E-state index is 0.427. The molecule has 0 bridgehead atoms. The van der Waals surface area contributed by atoms with Gasteiger partial charge in [-0.15, -0.1) is 23.2 Å². The van der Waals surface area contributed by atoms with Crippen molar-refractivity contribution in [2.45, 2.75) is 12.4 Å². The van der Waals surface area contributed by atoms with E-state index >= 15 is 0 Å². The number of halogens is 2. The van der Waals surface area contributed by atoms with Gasteiger partial charge in [-0.2, -0.15) is 5.10 Å². The molecule has 0 aliphatic carbocycles. The van der Waals surface area contributed by atoms with E-state index in [0.717, 1.165) is 17.1 Å². The van der Waals surface area contributed by atoms with Crippen LogP contribution in [0, 0.1) is 0 Å². The third-order valence-electron chi connectivity index (χ3n) is 2.22. The Balaban J connectivity index is 2.36. The van der Waals surface area contributed by atoms with Crippen molar-refractivity contribution >= 4 is 23.2 Å². The molecule has 16 heavy (non-hydrogen) atoms. The molecule has 0 aliphatic rings. The Kier molecular flexibility index (Phi) is 3.80. The highest BCUT2D eigenvalue weighted by Gasteiger charge is 2.08. The molecular weight excluding hydrogens is 245 g/mol. The van der Waals surface area contributed by atoms with E-state index in [9.17, 15) is 0 Å². The van der Waals surface area contributed by atoms with E-state index in [4.69, 9.17) is 23.2 Å². The molecule has 0 fully saturated rings. The molecule has 84 valence electrons. The quantitative estimate of drug-likeness (QED) is 0.787. The summed E-state index contributed by atoms with van der Waals surface area (Å²) in [6.07, 6.45) is 1.75. The van der Waals surface area contributed by atoms with Gasteiger partial charge in [-0.25, -0.2) is 0 Å². The van der Waals surface area contributed by atoms with Crippen molar-refractivity contribution in [1.82, 2.24) is 14.8 Å². The van der Waals surface area contributed by atoms with Crippen molar-refractivity contribution in [2.75, 3.05) is 5.88 Å². The van der Waals surface area contributed by atoms with Gasteiger partial charge < -0.3 is 0 Å². The maximum Gasteiger partial charge on any atom is 0.111 e. The van der Waals surface area contributed by atoms with Gasteiger partial charge in [0.05, 0.1) is 23.8 Å². The second kappa shape index (κ2) is 5.32. The molecule has 0 aliphatic heterocycles. The lowest BCUT2D eigenvalue weighted by Crippen LogP contribution is -2.04. The Morgan fingerprint density at radius 1 is 1.19 bits per heavy atom. The number of hydrogen-bond donors (Lipinski definition) is 0. The summed E-state index contributed by atoms with van der Waals surface area (Å²) in [5, 5.41) is 4.43. The zero-order valence-electron chi connectivity index (χ0n) is 8.61. The van der Waals surface area contributed by atoms with Crippen LogP contribution in [0.2, 0.25) is 0 Å². The molecule has 0 saturated heterocycles. The topological polar surface area (TPSA) is 30.7 Å². The lowest BCUT2D eigenvalue weighted by atomic mass is 10.2. The van der Waals surface area contributed by atoms with Crippen LogP contribution < -0.4 is 0 Å². The predicted octanol–water partition coefficient (Wildman–Crippen LogP) is 2.92. The SMILES string of the molecule is ClCCn1nc(-c2ccccn2)cc1CCl. The van der Waals surface area contributed by atoms with E-state index in [1.165, 1.54) is 0 Å². The van der Waals surface area contributed by atoms with E-state index in [2.05, 4.69) is 10.1 Å². The van der Waals surface area contributed by atoms with Crippen LogP contribution in [0.5, 0.6) is 0 Å². The average Bonchev–Trinajstić information content (AvgIpc) is 2.74. The highest BCUT2D eigenvalue weighted by molar-refractivity contribution is 6.18. The number of alkyl halides is 2. The van der Waals surface area contributed by atoms with Gasteiger partial charge in [0.25, 0.3) is 0 Å². The molecule has 0 atom stereocenters. The molecule has 2 aromatic rings. The first-order valence-corrected chi connectivity index (χ1v) is 6.02. The fourth-order valence-corrected chi connectivity index (χ4v) is 1.85. The molecule has 2 aromatic heterocycles. The van der Waals surface area contributed by atoms with Crippen LogP contribution in [0.15, 0.2) is 30.5 Å². The Labute approximate surface area is 104 Å². The molecule has 0 N–H and O–H groups in total. The minimum atomic E-state index is 0.427. The number of rotatable bonds is 4. The van der Waals surface area contributed by atoms with Crippen LogP contribution in [0.1, 0.15) is 5.69 Å². The van der Waals surface area contributed by atoms with Crippen LogP contribution in [0.4, 0.5) is 0 Å². The first kappa shape index (κ1) is 11.4. The summed E-state index contributed by atoms with van der Waals surface area (Å²) in [5.41, 5.74) is 2.64. The van der Waals surface area contributed by atoms with E-state index in [1.54, 1.807) is 6.20 Å². The summed E-state index contributed by atoms with van der Waals surface area (Å²) >= 11 is 11.5. The lowest BCUT2D eigenvalue weighted by Gasteiger charge is -2.00. The summed E-state index contributed by atoms with van der Waals surface area (Å²) < 4.78 is 1.82. The zero-order valence-corrected chi connectivity index (χ0v) is 10.1. The number of hydrogen-bond acceptors (Lipinski definition) is 2. The van der Waals surface area contributed by atoms with Crippen molar-refractivity contribution in [3.05, 3.63) is 36.2 Å². The Morgan fingerprint density at radius 2 is 2.06 bits per heavy atom. The van der Waals surface area contributed by atoms with Crippen molar-refractivity contribution in [3.8, 4) is 11.4 Å². The molecule has 0 spiro atoms. The summed E-state index contributed by atoms with van der Waals surface area (Å²) in [4.78, 5) is 4.25. The first-order chi connectivity index (χ1) is 7.85. The van der Waals surface area contributed by atoms with Gasteiger partial charge in [-0.3, -0.25) is 9.67 Å². The maximum absolute atomic E-state index is 5.84. The van der Waals surface area contributed by atoms with Crippen molar-refractivity contribution < 1.29 is 0 Å². The average molecular weight is 256 g/mol. The number of nitrogens with zero attached hydrogens (tertiary/aromatic N) is 3. The van der Waals surface area contributed by atoms with E-state index < -0.39 is 0 Å². The normalized spacial score (nSPS) is 10.6. The minimum Gasteiger partial charge on any atom is -0.266 e. The smallest absolute Gasteiger partial charge is 0.111 e. The lowest BCUT2D eigenvalue weighted by molar-refractivity contribution is 0.642. The fourth-order valence-electron chi connectivity index (χ4n) is 1.48. The van der Waals surface area contributed by atoms with Gasteiger partial charge in [0, 0.05) is 12.1 Å². The van der Waals surface area contributed by atoms with Crippen LogP contribution in [0.3, 0.4) is 0 Å². The van der Waals surface area contributed by atoms with Gasteiger partial charge in [0.2, 0.25) is 0 Å². The molecule has 2 heterocycles. The molecule has 5 heteroatoms. The number of pyridine rings is 1. The summed E-state index contributed by atoms with van der Waals surface area (Å²) in [7, 11) is 0. The largest absolute Gasteiger partial charge is 0.266 e. The second-order valence-corrected chi connectivity index (χ2v) is 3.93. The molecule has 0 saturated carbocycles. The zero-order chi connectivity index (χ0) is 11.4. The molecular formula is C11H11Cl2N3. The highest BCUT2D eigenvalue weighted by atomic mass is 35.5. The molecule has 0 unspecified atom stereocenters. The molecule has 0 amide bonds. The fraction of sp³-hybridized carbons (Fsp3) is 0.273. The van der Waals surface area contributed by atoms with Gasteiger partial charge in [-0.05, 0) is 18.2 Å². The summed E-state index contributed by atoms with van der Waals surface area (Å²) in [5.74, 6) is 0.948. The second-order valence-electron chi connectivity index (χ2n) is 3.28. The van der Waals surface area contributed by atoms with Gasteiger partial charge in [0.15, 0.2) is 0 Å². The van der Waals surface area contributed by atoms with E-state index in [1.807, 2.05) is 28.9 Å². The molecule has 3 nitrogen and oxygen atoms in total. The number of aromatic nitrogens is 3. The summed E-state index contributed by atoms with van der Waals surface area (Å²) in [6, 6.07) is 7.68. The van der Waals surface area contributed by atoms with Crippen molar-refractivity contribution in [3.63, 3.8) is 0 Å². The van der Waals surface area contributed by atoms with Crippen LogP contribution in [0.25, 0.3) is 11.4 Å². The summed E-state index contributed by atoms with van der Waals surface area (Å²) in [6.45, 7) is 0.663. The first-order valence-electron chi connectivity index (χ1n) is 4.95. The van der Waals surface area contributed by atoms with Gasteiger partial charge in [-0.1, -0.05) is 6.07 Å². The highest BCUT2D eigenvalue weighted by Crippen LogP contribution is 2.17. The van der Waals surface area contributed by atoms with Crippen LogP contribution >= 0.6 is 23.2 Å². The number of aryl methyl sites for hydroxylation is 1. The Morgan fingerprint density at radius 3 is 2.69 bits per heavy atom. The van der Waals surface area contributed by atoms with Crippen LogP contribution in [-0.2, 0) is 12.4 Å². The van der Waals surface area contributed by atoms with Crippen LogP contribution in [-0.4, -0.2) is 20.6 Å². The molecule has 2 rings (SSSR count). The van der Waals surface area contributed by atoms with E-state index in [0.29, 0.717) is 18.3 Å². The molecule has 0 radical (unpaired) electrons. The van der Waals surface area contributed by atoms with E-state index in [-0.39, 0.29) is 0 Å². The Hall–Kier alpha value is -1.06. The standard InChI is InChI=1S/C11H11Cl2N3/c12-4-6-16-9(8-13)7-11(15-16)10-3-1-2-5-14-10/h1-3,5,7H,4,6,8H2. The molecule has 0 aromatic carbocycles. The maximum atomic E-state index is 5.84. The predicted molar refractivity (Wildman–Crippen MR) is 65.7 cm³/mol. The Bertz CT molecular complexity index is 454. The van der Waals surface area contributed by atoms with Gasteiger partial charge >= 0.3 is 0 Å². The van der Waals surface area contributed by atoms with Gasteiger partial charge in [0.1, 0.15) is 5.69 Å². The third kappa shape index (κ3) is 2.36. The van der Waals surface area contributed by atoms with Crippen molar-refractivity contribution in [1.29, 1.82) is 0 Å².